The van der Waals surface area contributed by atoms with Gasteiger partial charge in [0.25, 0.3) is 0 Å². The SMILES string of the molecule is O=C1CN(C(=O)Cc2ccc(S(=O)(=O)N3CCCCC3)cc2)c2ccccc2N1. The van der Waals surface area contributed by atoms with E-state index >= 15 is 0 Å². The van der Waals surface area contributed by atoms with Crippen molar-refractivity contribution in [1.29, 1.82) is 0 Å². The van der Waals surface area contributed by atoms with Crippen molar-refractivity contribution >= 4 is 33.2 Å². The summed E-state index contributed by atoms with van der Waals surface area (Å²) in [6.07, 6.45) is 2.92. The number of piperidine rings is 1. The summed E-state index contributed by atoms with van der Waals surface area (Å²) >= 11 is 0. The Morgan fingerprint density at radius 3 is 2.38 bits per heavy atom. The molecule has 0 bridgehead atoms. The molecule has 8 heteroatoms. The van der Waals surface area contributed by atoms with E-state index in [0.717, 1.165) is 19.3 Å². The van der Waals surface area contributed by atoms with Crippen LogP contribution in [0.5, 0.6) is 0 Å². The van der Waals surface area contributed by atoms with Crippen LogP contribution in [0.15, 0.2) is 53.4 Å². The molecule has 0 spiro atoms. The molecule has 0 unspecified atom stereocenters. The minimum Gasteiger partial charge on any atom is -0.323 e. The van der Waals surface area contributed by atoms with E-state index in [-0.39, 0.29) is 29.7 Å². The smallest absolute Gasteiger partial charge is 0.244 e. The summed E-state index contributed by atoms with van der Waals surface area (Å²) in [6.45, 7) is 1.08. The van der Waals surface area contributed by atoms with Gasteiger partial charge in [-0.2, -0.15) is 4.31 Å². The Morgan fingerprint density at radius 2 is 1.66 bits per heavy atom. The standard InChI is InChI=1S/C21H23N3O4S/c25-20-15-24(19-7-3-2-6-18(19)22-20)21(26)14-16-8-10-17(11-9-16)29(27,28)23-12-4-1-5-13-23/h2-3,6-11H,1,4-5,12-15H2,(H,22,25). The van der Waals surface area contributed by atoms with E-state index in [9.17, 15) is 18.0 Å². The molecule has 0 radical (unpaired) electrons. The molecular formula is C21H23N3O4S. The van der Waals surface area contributed by atoms with E-state index in [1.54, 1.807) is 42.5 Å². The van der Waals surface area contributed by atoms with Crippen LogP contribution in [-0.2, 0) is 26.0 Å². The van der Waals surface area contributed by atoms with Crippen molar-refractivity contribution in [2.24, 2.45) is 0 Å². The summed E-state index contributed by atoms with van der Waals surface area (Å²) in [5.74, 6) is -0.445. The van der Waals surface area contributed by atoms with Gasteiger partial charge in [-0.1, -0.05) is 30.7 Å². The van der Waals surface area contributed by atoms with Gasteiger partial charge in [0.1, 0.15) is 6.54 Å². The van der Waals surface area contributed by atoms with E-state index in [1.807, 2.05) is 6.07 Å². The van der Waals surface area contributed by atoms with E-state index < -0.39 is 10.0 Å². The van der Waals surface area contributed by atoms with Gasteiger partial charge in [-0.15, -0.1) is 0 Å². The first-order chi connectivity index (χ1) is 13.9. The van der Waals surface area contributed by atoms with Gasteiger partial charge in [0.15, 0.2) is 0 Å². The Hall–Kier alpha value is -2.71. The van der Waals surface area contributed by atoms with Gasteiger partial charge in [0, 0.05) is 13.1 Å². The fourth-order valence-electron chi connectivity index (χ4n) is 3.76. The maximum Gasteiger partial charge on any atom is 0.244 e. The molecule has 2 amide bonds. The lowest BCUT2D eigenvalue weighted by atomic mass is 10.1. The van der Waals surface area contributed by atoms with Crippen LogP contribution in [0, 0.1) is 0 Å². The average Bonchev–Trinajstić information content (AvgIpc) is 2.74. The highest BCUT2D eigenvalue weighted by Crippen LogP contribution is 2.29. The molecule has 0 saturated carbocycles. The molecule has 0 aliphatic carbocycles. The van der Waals surface area contributed by atoms with Gasteiger partial charge in [-0.3, -0.25) is 9.59 Å². The average molecular weight is 413 g/mol. The van der Waals surface area contributed by atoms with Crippen LogP contribution < -0.4 is 10.2 Å². The molecule has 1 fully saturated rings. The second-order valence-electron chi connectivity index (χ2n) is 7.33. The van der Waals surface area contributed by atoms with Crippen LogP contribution in [0.1, 0.15) is 24.8 Å². The lowest BCUT2D eigenvalue weighted by Gasteiger charge is -2.29. The number of sulfonamides is 1. The Morgan fingerprint density at radius 1 is 0.966 bits per heavy atom. The molecule has 4 rings (SSSR count). The van der Waals surface area contributed by atoms with Crippen molar-refractivity contribution in [3.8, 4) is 0 Å². The summed E-state index contributed by atoms with van der Waals surface area (Å²) in [5.41, 5.74) is 1.98. The van der Waals surface area contributed by atoms with Crippen LogP contribution in [0.3, 0.4) is 0 Å². The van der Waals surface area contributed by atoms with Crippen molar-refractivity contribution in [1.82, 2.24) is 4.31 Å². The molecule has 1 N–H and O–H groups in total. The number of hydrogen-bond acceptors (Lipinski definition) is 4. The summed E-state index contributed by atoms with van der Waals surface area (Å²) in [5, 5.41) is 2.76. The number of para-hydroxylation sites is 2. The van der Waals surface area contributed by atoms with Gasteiger partial charge in [0.05, 0.1) is 22.7 Å². The second kappa shape index (κ2) is 7.96. The molecular weight excluding hydrogens is 390 g/mol. The van der Waals surface area contributed by atoms with E-state index in [2.05, 4.69) is 5.32 Å². The third kappa shape index (κ3) is 4.04. The third-order valence-electron chi connectivity index (χ3n) is 5.30. The van der Waals surface area contributed by atoms with Crippen molar-refractivity contribution in [3.05, 3.63) is 54.1 Å². The van der Waals surface area contributed by atoms with Crippen LogP contribution in [-0.4, -0.2) is 44.2 Å². The van der Waals surface area contributed by atoms with Crippen molar-refractivity contribution in [2.45, 2.75) is 30.6 Å². The fraction of sp³-hybridized carbons (Fsp3) is 0.333. The van der Waals surface area contributed by atoms with Crippen LogP contribution in [0.25, 0.3) is 0 Å². The monoisotopic (exact) mass is 413 g/mol. The first-order valence-electron chi connectivity index (χ1n) is 9.73. The molecule has 2 aliphatic rings. The minimum atomic E-state index is -3.49. The maximum atomic E-state index is 12.8. The molecule has 29 heavy (non-hydrogen) atoms. The lowest BCUT2D eigenvalue weighted by molar-refractivity contribution is -0.121. The van der Waals surface area contributed by atoms with Crippen molar-refractivity contribution in [2.75, 3.05) is 29.9 Å². The molecule has 0 aromatic heterocycles. The Balaban J connectivity index is 1.49. The molecule has 2 aromatic carbocycles. The lowest BCUT2D eigenvalue weighted by Crippen LogP contribution is -2.42. The number of amides is 2. The van der Waals surface area contributed by atoms with Gasteiger partial charge < -0.3 is 10.2 Å². The molecule has 2 heterocycles. The van der Waals surface area contributed by atoms with E-state index in [0.29, 0.717) is 30.0 Å². The molecule has 0 atom stereocenters. The van der Waals surface area contributed by atoms with E-state index in [4.69, 9.17) is 0 Å². The quantitative estimate of drug-likeness (QED) is 0.834. The largest absolute Gasteiger partial charge is 0.323 e. The topological polar surface area (TPSA) is 86.8 Å². The molecule has 1 saturated heterocycles. The number of benzene rings is 2. The van der Waals surface area contributed by atoms with Crippen LogP contribution in [0.2, 0.25) is 0 Å². The van der Waals surface area contributed by atoms with Crippen LogP contribution >= 0.6 is 0 Å². The zero-order chi connectivity index (χ0) is 20.4. The number of nitrogens with zero attached hydrogens (tertiary/aromatic N) is 2. The number of carbonyl (C=O) groups excluding carboxylic acids is 2. The summed E-state index contributed by atoms with van der Waals surface area (Å²) in [6, 6.07) is 13.6. The molecule has 7 nitrogen and oxygen atoms in total. The number of hydrogen-bond donors (Lipinski definition) is 1. The Kier molecular flexibility index (Phi) is 5.38. The highest BCUT2D eigenvalue weighted by molar-refractivity contribution is 7.89. The number of anilines is 2. The third-order valence-corrected chi connectivity index (χ3v) is 7.22. The number of fused-ring (bicyclic) bond motifs is 1. The molecule has 2 aliphatic heterocycles. The minimum absolute atomic E-state index is 0.0305. The summed E-state index contributed by atoms with van der Waals surface area (Å²) < 4.78 is 27.0. The van der Waals surface area contributed by atoms with E-state index in [1.165, 1.54) is 9.21 Å². The predicted molar refractivity (Wildman–Crippen MR) is 110 cm³/mol. The van der Waals surface area contributed by atoms with Crippen LogP contribution in [0.4, 0.5) is 11.4 Å². The summed E-state index contributed by atoms with van der Waals surface area (Å²) in [4.78, 5) is 26.5. The highest BCUT2D eigenvalue weighted by atomic mass is 32.2. The zero-order valence-corrected chi connectivity index (χ0v) is 16.8. The molecule has 2 aromatic rings. The molecule has 152 valence electrons. The zero-order valence-electron chi connectivity index (χ0n) is 16.0. The van der Waals surface area contributed by atoms with Crippen molar-refractivity contribution < 1.29 is 18.0 Å². The Labute approximate surface area is 170 Å². The van der Waals surface area contributed by atoms with Crippen molar-refractivity contribution in [3.63, 3.8) is 0 Å². The van der Waals surface area contributed by atoms with Gasteiger partial charge in [0.2, 0.25) is 21.8 Å². The summed E-state index contributed by atoms with van der Waals surface area (Å²) in [7, 11) is -3.49. The normalized spacial score (nSPS) is 17.5. The van der Waals surface area contributed by atoms with Gasteiger partial charge in [-0.05, 0) is 42.7 Å². The van der Waals surface area contributed by atoms with Gasteiger partial charge >= 0.3 is 0 Å². The number of carbonyl (C=O) groups is 2. The number of nitrogens with one attached hydrogen (secondary N) is 1. The Bertz CT molecular complexity index is 1030. The highest BCUT2D eigenvalue weighted by Gasteiger charge is 2.28. The first kappa shape index (κ1) is 19.6. The number of rotatable bonds is 4. The predicted octanol–water partition coefficient (Wildman–Crippen LogP) is 2.39. The second-order valence-corrected chi connectivity index (χ2v) is 9.27. The fourth-order valence-corrected chi connectivity index (χ4v) is 5.28. The maximum absolute atomic E-state index is 12.8. The first-order valence-corrected chi connectivity index (χ1v) is 11.2. The van der Waals surface area contributed by atoms with Gasteiger partial charge in [-0.25, -0.2) is 8.42 Å².